The van der Waals surface area contributed by atoms with Crippen LogP contribution in [0.4, 0.5) is 0 Å². The molecule has 1 aliphatic heterocycles. The molecule has 10 heteroatoms. The predicted molar refractivity (Wildman–Crippen MR) is 108 cm³/mol. The van der Waals surface area contributed by atoms with E-state index < -0.39 is 15.8 Å². The van der Waals surface area contributed by atoms with E-state index in [0.29, 0.717) is 30.6 Å². The van der Waals surface area contributed by atoms with Gasteiger partial charge in [-0.25, -0.2) is 13.2 Å². The quantitative estimate of drug-likeness (QED) is 0.426. The first-order valence-corrected chi connectivity index (χ1v) is 10.8. The van der Waals surface area contributed by atoms with E-state index in [2.05, 4.69) is 0 Å². The number of hydrogen-bond acceptors (Lipinski definition) is 6. The van der Waals surface area contributed by atoms with Crippen LogP contribution in [-0.4, -0.2) is 60.6 Å². The van der Waals surface area contributed by atoms with Crippen LogP contribution in [0.3, 0.4) is 0 Å². The third kappa shape index (κ3) is 3.66. The average Bonchev–Trinajstić information content (AvgIpc) is 3.08. The van der Waals surface area contributed by atoms with Crippen molar-refractivity contribution in [2.24, 2.45) is 0 Å². The highest BCUT2D eigenvalue weighted by Gasteiger charge is 2.29. The summed E-state index contributed by atoms with van der Waals surface area (Å²) in [5, 5.41) is 0. The van der Waals surface area contributed by atoms with Gasteiger partial charge in [0, 0.05) is 37.8 Å². The zero-order valence-corrected chi connectivity index (χ0v) is 16.7. The molecule has 0 N–H and O–H groups in total. The van der Waals surface area contributed by atoms with E-state index in [0.717, 1.165) is 0 Å². The van der Waals surface area contributed by atoms with Gasteiger partial charge in [0.1, 0.15) is 0 Å². The third-order valence-corrected chi connectivity index (χ3v) is 6.99. The topological polar surface area (TPSA) is 110 Å². The summed E-state index contributed by atoms with van der Waals surface area (Å²) >= 11 is 0. The van der Waals surface area contributed by atoms with Gasteiger partial charge in [-0.2, -0.15) is 4.31 Å². The van der Waals surface area contributed by atoms with Crippen molar-refractivity contribution in [2.45, 2.75) is 11.4 Å². The fourth-order valence-electron chi connectivity index (χ4n) is 3.41. The number of hydrogen-bond donors (Lipinski definition) is 0. The first-order chi connectivity index (χ1) is 14.4. The highest BCUT2D eigenvalue weighted by molar-refractivity contribution is 7.89. The number of carbonyl (C=O) groups is 2. The number of aromatic nitrogens is 1. The van der Waals surface area contributed by atoms with E-state index in [9.17, 15) is 22.8 Å². The van der Waals surface area contributed by atoms with Gasteiger partial charge in [0.2, 0.25) is 16.4 Å². The Kier molecular flexibility index (Phi) is 5.27. The molecule has 1 saturated heterocycles. The zero-order valence-electron chi connectivity index (χ0n) is 15.9. The third-order valence-electron chi connectivity index (χ3n) is 5.10. The van der Waals surface area contributed by atoms with Gasteiger partial charge in [0.05, 0.1) is 17.0 Å². The minimum absolute atomic E-state index is 0.00941. The summed E-state index contributed by atoms with van der Waals surface area (Å²) in [7, 11) is -3.80. The van der Waals surface area contributed by atoms with Gasteiger partial charge in [-0.3, -0.25) is 14.2 Å². The van der Waals surface area contributed by atoms with Crippen LogP contribution in [0.15, 0.2) is 62.6 Å². The number of rotatable bonds is 6. The molecule has 2 aromatic carbocycles. The Hall–Kier alpha value is -3.24. The molecular weight excluding hydrogens is 410 g/mol. The molecule has 0 spiro atoms. The maximum Gasteiger partial charge on any atom is 0.420 e. The molecule has 156 valence electrons. The van der Waals surface area contributed by atoms with Gasteiger partial charge in [-0.15, -0.1) is 0 Å². The van der Waals surface area contributed by atoms with Crippen molar-refractivity contribution in [3.05, 3.63) is 64.6 Å². The van der Waals surface area contributed by atoms with Gasteiger partial charge in [0.25, 0.3) is 0 Å². The Labute approximate surface area is 172 Å². The minimum atomic E-state index is -3.80. The lowest BCUT2D eigenvalue weighted by molar-refractivity contribution is -0.119. The molecule has 3 aromatic rings. The van der Waals surface area contributed by atoms with E-state index in [1.165, 1.54) is 32.0 Å². The van der Waals surface area contributed by atoms with Crippen LogP contribution in [0.5, 0.6) is 0 Å². The monoisotopic (exact) mass is 429 g/mol. The van der Waals surface area contributed by atoms with E-state index in [1.807, 2.05) is 0 Å². The molecule has 0 atom stereocenters. The van der Waals surface area contributed by atoms with Crippen LogP contribution in [0, 0.1) is 0 Å². The molecule has 0 unspecified atom stereocenters. The first kappa shape index (κ1) is 20.0. The zero-order chi connectivity index (χ0) is 21.3. The summed E-state index contributed by atoms with van der Waals surface area (Å²) in [4.78, 5) is 37.1. The number of oxazole rings is 1. The van der Waals surface area contributed by atoms with E-state index in [4.69, 9.17) is 4.42 Å². The van der Waals surface area contributed by atoms with Crippen LogP contribution in [-0.2, 0) is 21.4 Å². The predicted octanol–water partition coefficient (Wildman–Crippen LogP) is 0.940. The number of sulfonamides is 1. The standard InChI is InChI=1S/C20H19N3O6S/c24-14-21-8-10-22(11-9-21)30(27,28)16-6-7-17-19(12-16)29-20(26)23(17)13-18(25)15-4-2-1-3-5-15/h1-7,12,14H,8-11,13H2. The number of benzene rings is 2. The molecule has 1 aromatic heterocycles. The number of nitrogens with zero attached hydrogens (tertiary/aromatic N) is 3. The van der Waals surface area contributed by atoms with Crippen molar-refractivity contribution in [1.82, 2.24) is 13.8 Å². The van der Waals surface area contributed by atoms with Crippen LogP contribution in [0.1, 0.15) is 10.4 Å². The van der Waals surface area contributed by atoms with Crippen LogP contribution in [0.25, 0.3) is 11.1 Å². The van der Waals surface area contributed by atoms with Gasteiger partial charge >= 0.3 is 5.76 Å². The molecule has 0 saturated carbocycles. The smallest absolute Gasteiger partial charge is 0.408 e. The van der Waals surface area contributed by atoms with Crippen molar-refractivity contribution in [3.8, 4) is 0 Å². The number of piperazine rings is 1. The number of amides is 1. The average molecular weight is 429 g/mol. The summed E-state index contributed by atoms with van der Waals surface area (Å²) in [6.45, 7) is 0.803. The van der Waals surface area contributed by atoms with Crippen molar-refractivity contribution in [3.63, 3.8) is 0 Å². The molecule has 0 radical (unpaired) electrons. The summed E-state index contributed by atoms with van der Waals surface area (Å²) < 4.78 is 33.5. The van der Waals surface area contributed by atoms with Crippen LogP contribution in [0.2, 0.25) is 0 Å². The molecule has 0 aliphatic carbocycles. The second kappa shape index (κ2) is 7.88. The fourth-order valence-corrected chi connectivity index (χ4v) is 4.85. The molecular formula is C20H19N3O6S. The van der Waals surface area contributed by atoms with E-state index in [-0.39, 0.29) is 35.9 Å². The van der Waals surface area contributed by atoms with Crippen molar-refractivity contribution in [1.29, 1.82) is 0 Å². The SMILES string of the molecule is O=CN1CCN(S(=O)(=O)c2ccc3c(c2)oc(=O)n3CC(=O)c2ccccc2)CC1. The van der Waals surface area contributed by atoms with E-state index >= 15 is 0 Å². The van der Waals surface area contributed by atoms with Crippen LogP contribution < -0.4 is 5.76 Å². The normalized spacial score (nSPS) is 15.4. The largest absolute Gasteiger partial charge is 0.420 e. The molecule has 1 fully saturated rings. The van der Waals surface area contributed by atoms with Crippen LogP contribution >= 0.6 is 0 Å². The Balaban J connectivity index is 1.62. The van der Waals surface area contributed by atoms with Crippen molar-refractivity contribution < 1.29 is 22.4 Å². The molecule has 30 heavy (non-hydrogen) atoms. The van der Waals surface area contributed by atoms with E-state index in [1.54, 1.807) is 30.3 Å². The number of fused-ring (bicyclic) bond motifs is 1. The highest BCUT2D eigenvalue weighted by atomic mass is 32.2. The Morgan fingerprint density at radius 3 is 2.40 bits per heavy atom. The summed E-state index contributed by atoms with van der Waals surface area (Å²) in [5.41, 5.74) is 0.898. The van der Waals surface area contributed by atoms with Gasteiger partial charge in [0.15, 0.2) is 11.4 Å². The molecule has 1 amide bonds. The summed E-state index contributed by atoms with van der Waals surface area (Å²) in [5.74, 6) is -0.992. The Morgan fingerprint density at radius 2 is 1.73 bits per heavy atom. The molecule has 0 bridgehead atoms. The van der Waals surface area contributed by atoms with Crippen molar-refractivity contribution >= 4 is 33.3 Å². The lowest BCUT2D eigenvalue weighted by Crippen LogP contribution is -2.47. The summed E-state index contributed by atoms with van der Waals surface area (Å²) in [6, 6.07) is 12.7. The lowest BCUT2D eigenvalue weighted by atomic mass is 10.1. The fraction of sp³-hybridized carbons (Fsp3) is 0.250. The highest BCUT2D eigenvalue weighted by Crippen LogP contribution is 2.22. The molecule has 4 rings (SSSR count). The molecule has 9 nitrogen and oxygen atoms in total. The first-order valence-electron chi connectivity index (χ1n) is 9.31. The molecule has 2 heterocycles. The van der Waals surface area contributed by atoms with Gasteiger partial charge in [-0.05, 0) is 12.1 Å². The maximum absolute atomic E-state index is 12.9. The number of carbonyl (C=O) groups excluding carboxylic acids is 2. The van der Waals surface area contributed by atoms with Gasteiger partial charge in [-0.1, -0.05) is 30.3 Å². The summed E-state index contributed by atoms with van der Waals surface area (Å²) in [6.07, 6.45) is 0.699. The second-order valence-electron chi connectivity index (χ2n) is 6.92. The second-order valence-corrected chi connectivity index (χ2v) is 8.86. The van der Waals surface area contributed by atoms with Gasteiger partial charge < -0.3 is 9.32 Å². The minimum Gasteiger partial charge on any atom is -0.408 e. The Morgan fingerprint density at radius 1 is 1.03 bits per heavy atom. The maximum atomic E-state index is 12.9. The number of Topliss-reactive ketones (excluding diaryl/α,β-unsaturated/α-hetero) is 1. The number of ketones is 1. The molecule has 1 aliphatic rings. The van der Waals surface area contributed by atoms with Crippen molar-refractivity contribution in [2.75, 3.05) is 26.2 Å². The Bertz CT molecular complexity index is 1250. The lowest BCUT2D eigenvalue weighted by Gasteiger charge is -2.31.